The zero-order chi connectivity index (χ0) is 22.2. The van der Waals surface area contributed by atoms with Gasteiger partial charge in [0.15, 0.2) is 0 Å². The van der Waals surface area contributed by atoms with E-state index in [9.17, 15) is 13.2 Å². The summed E-state index contributed by atoms with van der Waals surface area (Å²) in [6.45, 7) is 7.15. The van der Waals surface area contributed by atoms with Crippen LogP contribution in [0.5, 0.6) is 5.75 Å². The van der Waals surface area contributed by atoms with E-state index in [1.165, 1.54) is 10.4 Å². The molecular formula is C23H28N2O5S. The molecule has 0 aliphatic carbocycles. The van der Waals surface area contributed by atoms with Crippen molar-refractivity contribution in [2.45, 2.75) is 43.7 Å². The molecule has 2 aliphatic heterocycles. The summed E-state index contributed by atoms with van der Waals surface area (Å²) in [5, 5.41) is 3.10. The summed E-state index contributed by atoms with van der Waals surface area (Å²) in [6.07, 6.45) is 0.612. The quantitative estimate of drug-likeness (QED) is 0.784. The van der Waals surface area contributed by atoms with Crippen molar-refractivity contribution in [1.29, 1.82) is 0 Å². The molecule has 2 aliphatic rings. The normalized spacial score (nSPS) is 21.1. The Morgan fingerprint density at radius 1 is 1.13 bits per heavy atom. The number of carbonyl (C=O) groups is 1. The third-order valence-corrected chi connectivity index (χ3v) is 7.64. The number of fused-ring (bicyclic) bond motifs is 1. The number of para-hydroxylation sites is 1. The van der Waals surface area contributed by atoms with Gasteiger partial charge in [0.2, 0.25) is 10.0 Å². The Balaban J connectivity index is 1.62. The van der Waals surface area contributed by atoms with Gasteiger partial charge < -0.3 is 14.8 Å². The van der Waals surface area contributed by atoms with Gasteiger partial charge in [-0.25, -0.2) is 8.42 Å². The number of aryl methyl sites for hydroxylation is 1. The van der Waals surface area contributed by atoms with Crippen LogP contribution >= 0.6 is 0 Å². The van der Waals surface area contributed by atoms with Crippen molar-refractivity contribution in [2.75, 3.05) is 26.3 Å². The highest BCUT2D eigenvalue weighted by molar-refractivity contribution is 7.89. The molecule has 0 radical (unpaired) electrons. The van der Waals surface area contributed by atoms with Gasteiger partial charge in [0.05, 0.1) is 24.2 Å². The standard InChI is InChI=1S/C23H28N2O5S/c1-16-8-9-17(31(27,28)25-10-12-29-13-11-25)14-19(16)22(26)24-20-15-23(2,3)30-21-7-5-4-6-18(20)21/h4-9,14,20H,10-13,15H2,1-3H3,(H,24,26)/t20-/m0/s1. The van der Waals surface area contributed by atoms with E-state index in [1.807, 2.05) is 45.0 Å². The van der Waals surface area contributed by atoms with Gasteiger partial charge in [0.25, 0.3) is 5.91 Å². The molecule has 2 aromatic carbocycles. The Morgan fingerprint density at radius 3 is 2.58 bits per heavy atom. The second kappa shape index (κ2) is 8.26. The van der Waals surface area contributed by atoms with E-state index in [2.05, 4.69) is 5.32 Å². The third-order valence-electron chi connectivity index (χ3n) is 5.74. The molecule has 1 atom stereocenters. The van der Waals surface area contributed by atoms with E-state index >= 15 is 0 Å². The van der Waals surface area contributed by atoms with Crippen LogP contribution in [-0.4, -0.2) is 50.5 Å². The predicted molar refractivity (Wildman–Crippen MR) is 117 cm³/mol. The summed E-state index contributed by atoms with van der Waals surface area (Å²) in [5.74, 6) is 0.457. The summed E-state index contributed by atoms with van der Waals surface area (Å²) in [4.78, 5) is 13.4. The van der Waals surface area contributed by atoms with Crippen molar-refractivity contribution < 1.29 is 22.7 Å². The van der Waals surface area contributed by atoms with Crippen LogP contribution in [0.25, 0.3) is 0 Å². The molecule has 166 valence electrons. The minimum atomic E-state index is -3.68. The number of carbonyl (C=O) groups excluding carboxylic acids is 1. The molecule has 1 amide bonds. The smallest absolute Gasteiger partial charge is 0.252 e. The van der Waals surface area contributed by atoms with E-state index in [1.54, 1.807) is 12.1 Å². The molecule has 0 aromatic heterocycles. The maximum atomic E-state index is 13.2. The topological polar surface area (TPSA) is 84.9 Å². The van der Waals surface area contributed by atoms with Gasteiger partial charge in [-0.1, -0.05) is 24.3 Å². The van der Waals surface area contributed by atoms with Gasteiger partial charge >= 0.3 is 0 Å². The number of rotatable bonds is 4. The monoisotopic (exact) mass is 444 g/mol. The highest BCUT2D eigenvalue weighted by Crippen LogP contribution is 2.39. The van der Waals surface area contributed by atoms with Crippen LogP contribution in [0.3, 0.4) is 0 Å². The number of nitrogens with zero attached hydrogens (tertiary/aromatic N) is 1. The molecule has 2 heterocycles. The van der Waals surface area contributed by atoms with Crippen LogP contribution in [0.1, 0.15) is 47.8 Å². The largest absolute Gasteiger partial charge is 0.487 e. The first kappa shape index (κ1) is 21.8. The summed E-state index contributed by atoms with van der Waals surface area (Å²) < 4.78 is 38.8. The maximum absolute atomic E-state index is 13.2. The fourth-order valence-corrected chi connectivity index (χ4v) is 5.54. The Morgan fingerprint density at radius 2 is 1.84 bits per heavy atom. The van der Waals surface area contributed by atoms with Crippen LogP contribution < -0.4 is 10.1 Å². The number of ether oxygens (including phenoxy) is 2. The highest BCUT2D eigenvalue weighted by atomic mass is 32.2. The zero-order valence-corrected chi connectivity index (χ0v) is 18.9. The van der Waals surface area contributed by atoms with E-state index in [0.717, 1.165) is 16.9 Å². The summed E-state index contributed by atoms with van der Waals surface area (Å²) in [5.41, 5.74) is 1.57. The molecule has 7 nitrogen and oxygen atoms in total. The van der Waals surface area contributed by atoms with Crippen LogP contribution in [0.15, 0.2) is 47.4 Å². The Kier molecular flexibility index (Phi) is 5.81. The van der Waals surface area contributed by atoms with Crippen molar-refractivity contribution in [2.24, 2.45) is 0 Å². The number of hydrogen-bond donors (Lipinski definition) is 1. The number of hydrogen-bond acceptors (Lipinski definition) is 5. The van der Waals surface area contributed by atoms with Gasteiger partial charge in [-0.05, 0) is 44.5 Å². The first-order valence-corrected chi connectivity index (χ1v) is 11.9. The summed E-state index contributed by atoms with van der Waals surface area (Å²) in [7, 11) is -3.68. The molecule has 8 heteroatoms. The van der Waals surface area contributed by atoms with Crippen molar-refractivity contribution in [1.82, 2.24) is 9.62 Å². The van der Waals surface area contributed by atoms with Crippen LogP contribution in [-0.2, 0) is 14.8 Å². The van der Waals surface area contributed by atoms with E-state index in [-0.39, 0.29) is 16.8 Å². The van der Waals surface area contributed by atoms with Crippen molar-refractivity contribution in [3.63, 3.8) is 0 Å². The number of sulfonamides is 1. The molecule has 1 N–H and O–H groups in total. The van der Waals surface area contributed by atoms with Crippen LogP contribution in [0, 0.1) is 6.92 Å². The van der Waals surface area contributed by atoms with Crippen molar-refractivity contribution in [3.05, 3.63) is 59.2 Å². The fraction of sp³-hybridized carbons (Fsp3) is 0.435. The highest BCUT2D eigenvalue weighted by Gasteiger charge is 2.35. The van der Waals surface area contributed by atoms with E-state index < -0.39 is 15.6 Å². The second-order valence-corrected chi connectivity index (χ2v) is 10.6. The molecule has 0 spiro atoms. The summed E-state index contributed by atoms with van der Waals surface area (Å²) >= 11 is 0. The average Bonchev–Trinajstić information content (AvgIpc) is 2.73. The molecule has 4 rings (SSSR count). The molecule has 31 heavy (non-hydrogen) atoms. The Labute approximate surface area is 183 Å². The lowest BCUT2D eigenvalue weighted by atomic mass is 9.89. The average molecular weight is 445 g/mol. The van der Waals surface area contributed by atoms with Crippen LogP contribution in [0.4, 0.5) is 0 Å². The van der Waals surface area contributed by atoms with Crippen LogP contribution in [0.2, 0.25) is 0 Å². The first-order valence-electron chi connectivity index (χ1n) is 10.4. The maximum Gasteiger partial charge on any atom is 0.252 e. The van der Waals surface area contributed by atoms with Gasteiger partial charge in [-0.15, -0.1) is 0 Å². The van der Waals surface area contributed by atoms with Gasteiger partial charge in [0.1, 0.15) is 11.4 Å². The molecule has 2 aromatic rings. The number of benzene rings is 2. The molecule has 1 fully saturated rings. The molecule has 1 saturated heterocycles. The Bertz CT molecular complexity index is 1090. The molecular weight excluding hydrogens is 416 g/mol. The zero-order valence-electron chi connectivity index (χ0n) is 18.1. The summed E-state index contributed by atoms with van der Waals surface area (Å²) in [6, 6.07) is 12.2. The number of morpholine rings is 1. The van der Waals surface area contributed by atoms with Gasteiger partial charge in [0, 0.05) is 30.6 Å². The van der Waals surface area contributed by atoms with Gasteiger partial charge in [-0.3, -0.25) is 4.79 Å². The predicted octanol–water partition coefficient (Wildman–Crippen LogP) is 3.05. The Hall–Kier alpha value is -2.42. The lowest BCUT2D eigenvalue weighted by Crippen LogP contribution is -2.41. The molecule has 0 unspecified atom stereocenters. The van der Waals surface area contributed by atoms with E-state index in [0.29, 0.717) is 38.3 Å². The number of nitrogens with one attached hydrogen (secondary N) is 1. The number of amides is 1. The minimum Gasteiger partial charge on any atom is -0.487 e. The molecule has 0 bridgehead atoms. The first-order chi connectivity index (χ1) is 14.7. The second-order valence-electron chi connectivity index (χ2n) is 8.62. The lowest BCUT2D eigenvalue weighted by Gasteiger charge is -2.38. The van der Waals surface area contributed by atoms with Crippen molar-refractivity contribution >= 4 is 15.9 Å². The SMILES string of the molecule is Cc1ccc(S(=O)(=O)N2CCOCC2)cc1C(=O)N[C@H]1CC(C)(C)Oc2ccccc21. The molecule has 0 saturated carbocycles. The minimum absolute atomic E-state index is 0.123. The van der Waals surface area contributed by atoms with Crippen molar-refractivity contribution in [3.8, 4) is 5.75 Å². The lowest BCUT2D eigenvalue weighted by molar-refractivity contribution is 0.0619. The van der Waals surface area contributed by atoms with Gasteiger partial charge in [-0.2, -0.15) is 4.31 Å². The fourth-order valence-electron chi connectivity index (χ4n) is 4.11. The third kappa shape index (κ3) is 4.46. The van der Waals surface area contributed by atoms with E-state index in [4.69, 9.17) is 9.47 Å².